The molecule has 1 atom stereocenters. The summed E-state index contributed by atoms with van der Waals surface area (Å²) in [7, 11) is 1.64. The Kier molecular flexibility index (Phi) is 5.28. The first-order valence-corrected chi connectivity index (χ1v) is 9.67. The van der Waals surface area contributed by atoms with Crippen LogP contribution in [0, 0.1) is 11.3 Å². The van der Waals surface area contributed by atoms with Crippen LogP contribution in [0.3, 0.4) is 0 Å². The van der Waals surface area contributed by atoms with E-state index in [-0.39, 0.29) is 5.91 Å². The SMILES string of the molecule is C[C@@H](OC(=O)c1cc2ccccc2s1)C(=O)N(C)C1(C#N)CCCCC1. The lowest BCUT2D eigenvalue weighted by atomic mass is 9.81. The number of thiophene rings is 1. The molecule has 5 nitrogen and oxygen atoms in total. The average Bonchev–Trinajstić information content (AvgIpc) is 3.11. The molecule has 0 saturated heterocycles. The number of ether oxygens (including phenoxy) is 1. The maximum Gasteiger partial charge on any atom is 0.349 e. The molecule has 0 spiro atoms. The molecular formula is C20H22N2O3S. The van der Waals surface area contributed by atoms with Crippen LogP contribution >= 0.6 is 11.3 Å². The van der Waals surface area contributed by atoms with Crippen LogP contribution in [0.4, 0.5) is 0 Å². The highest BCUT2D eigenvalue weighted by molar-refractivity contribution is 7.20. The molecule has 1 amide bonds. The molecule has 1 aliphatic rings. The summed E-state index contributed by atoms with van der Waals surface area (Å²) in [6.07, 6.45) is 3.36. The normalized spacial score (nSPS) is 17.3. The molecule has 0 bridgehead atoms. The molecule has 0 N–H and O–H groups in total. The van der Waals surface area contributed by atoms with Gasteiger partial charge in [0.25, 0.3) is 5.91 Å². The van der Waals surface area contributed by atoms with Crippen molar-refractivity contribution in [3.63, 3.8) is 0 Å². The molecule has 6 heteroatoms. The summed E-state index contributed by atoms with van der Waals surface area (Å²) in [4.78, 5) is 27.1. The highest BCUT2D eigenvalue weighted by Crippen LogP contribution is 2.33. The van der Waals surface area contributed by atoms with E-state index >= 15 is 0 Å². The summed E-state index contributed by atoms with van der Waals surface area (Å²) < 4.78 is 6.40. The number of amides is 1. The number of benzene rings is 1. The number of likely N-dealkylation sites (N-methyl/N-ethyl adjacent to an activating group) is 1. The van der Waals surface area contributed by atoms with Crippen LogP contribution < -0.4 is 0 Å². The third kappa shape index (κ3) is 3.45. The van der Waals surface area contributed by atoms with Crippen LogP contribution in [-0.4, -0.2) is 35.5 Å². The molecule has 0 unspecified atom stereocenters. The number of hydrogen-bond acceptors (Lipinski definition) is 5. The second-order valence-electron chi connectivity index (χ2n) is 6.80. The number of rotatable bonds is 4. The summed E-state index contributed by atoms with van der Waals surface area (Å²) in [6.45, 7) is 1.57. The van der Waals surface area contributed by atoms with Crippen LogP contribution in [0.25, 0.3) is 10.1 Å². The standard InChI is InChI=1S/C20H22N2O3S/c1-14(18(23)22(2)20(13-21)10-6-3-7-11-20)25-19(24)17-12-15-8-4-5-9-16(15)26-17/h4-5,8-9,12,14H,3,6-7,10-11H2,1-2H3/t14-/m1/s1. The van der Waals surface area contributed by atoms with Gasteiger partial charge in [0.05, 0.1) is 6.07 Å². The van der Waals surface area contributed by atoms with E-state index < -0.39 is 17.6 Å². The minimum absolute atomic E-state index is 0.331. The number of nitriles is 1. The van der Waals surface area contributed by atoms with Crippen LogP contribution in [0.2, 0.25) is 0 Å². The van der Waals surface area contributed by atoms with Crippen LogP contribution in [0.5, 0.6) is 0 Å². The van der Waals surface area contributed by atoms with E-state index in [1.54, 1.807) is 20.0 Å². The molecule has 136 valence electrons. The van der Waals surface area contributed by atoms with Crippen molar-refractivity contribution in [1.29, 1.82) is 5.26 Å². The van der Waals surface area contributed by atoms with Crippen molar-refractivity contribution in [2.24, 2.45) is 0 Å². The smallest absolute Gasteiger partial charge is 0.349 e. The number of carbonyl (C=O) groups is 2. The van der Waals surface area contributed by atoms with Gasteiger partial charge >= 0.3 is 5.97 Å². The third-order valence-corrected chi connectivity index (χ3v) is 6.22. The van der Waals surface area contributed by atoms with Gasteiger partial charge in [-0.05, 0) is 37.3 Å². The number of carbonyl (C=O) groups excluding carboxylic acids is 2. The van der Waals surface area contributed by atoms with Gasteiger partial charge in [-0.15, -0.1) is 11.3 Å². The maximum atomic E-state index is 12.7. The quantitative estimate of drug-likeness (QED) is 0.759. The van der Waals surface area contributed by atoms with E-state index in [9.17, 15) is 14.9 Å². The predicted octanol–water partition coefficient (Wildman–Crippen LogP) is 4.13. The zero-order chi connectivity index (χ0) is 18.7. The summed E-state index contributed by atoms with van der Waals surface area (Å²) >= 11 is 1.35. The Balaban J connectivity index is 1.70. The van der Waals surface area contributed by atoms with Gasteiger partial charge in [0.15, 0.2) is 6.10 Å². The Hall–Kier alpha value is -2.39. The molecule has 2 aromatic rings. The van der Waals surface area contributed by atoms with Gasteiger partial charge in [-0.2, -0.15) is 5.26 Å². The van der Waals surface area contributed by atoms with Crippen LogP contribution in [-0.2, 0) is 9.53 Å². The Morgan fingerprint density at radius 1 is 1.27 bits per heavy atom. The lowest BCUT2D eigenvalue weighted by molar-refractivity contribution is -0.143. The Morgan fingerprint density at radius 2 is 1.96 bits per heavy atom. The van der Waals surface area contributed by atoms with E-state index in [1.807, 2.05) is 24.3 Å². The summed E-state index contributed by atoms with van der Waals surface area (Å²) in [6, 6.07) is 11.8. The van der Waals surface area contributed by atoms with Crippen LogP contribution in [0.1, 0.15) is 48.7 Å². The van der Waals surface area contributed by atoms with E-state index in [0.717, 1.165) is 29.3 Å². The van der Waals surface area contributed by atoms with Crippen molar-refractivity contribution in [1.82, 2.24) is 4.90 Å². The fourth-order valence-electron chi connectivity index (χ4n) is 3.49. The minimum atomic E-state index is -0.926. The van der Waals surface area contributed by atoms with Crippen molar-refractivity contribution >= 4 is 33.3 Å². The molecule has 1 fully saturated rings. The minimum Gasteiger partial charge on any atom is -0.448 e. The molecule has 0 radical (unpaired) electrons. The zero-order valence-electron chi connectivity index (χ0n) is 15.0. The first-order valence-electron chi connectivity index (χ1n) is 8.85. The van der Waals surface area contributed by atoms with E-state index in [2.05, 4.69) is 6.07 Å². The third-order valence-electron chi connectivity index (χ3n) is 5.12. The molecule has 1 aromatic carbocycles. The second kappa shape index (κ2) is 7.46. The summed E-state index contributed by atoms with van der Waals surface area (Å²) in [5, 5.41) is 10.6. The van der Waals surface area contributed by atoms with Crippen LogP contribution in [0.15, 0.2) is 30.3 Å². The van der Waals surface area contributed by atoms with E-state index in [0.29, 0.717) is 17.7 Å². The van der Waals surface area contributed by atoms with Gasteiger partial charge in [-0.3, -0.25) is 4.79 Å². The number of hydrogen-bond donors (Lipinski definition) is 0. The first-order chi connectivity index (χ1) is 12.5. The van der Waals surface area contributed by atoms with E-state index in [4.69, 9.17) is 4.74 Å². The topological polar surface area (TPSA) is 70.4 Å². The molecule has 1 heterocycles. The summed E-state index contributed by atoms with van der Waals surface area (Å²) in [5.74, 6) is -0.835. The maximum absolute atomic E-state index is 12.7. The Labute approximate surface area is 157 Å². The Morgan fingerprint density at radius 3 is 2.62 bits per heavy atom. The number of nitrogens with zero attached hydrogens (tertiary/aromatic N) is 2. The highest BCUT2D eigenvalue weighted by atomic mass is 32.1. The lowest BCUT2D eigenvalue weighted by Gasteiger charge is -2.39. The predicted molar refractivity (Wildman–Crippen MR) is 101 cm³/mol. The van der Waals surface area contributed by atoms with Gasteiger partial charge in [-0.1, -0.05) is 37.5 Å². The molecule has 1 aromatic heterocycles. The monoisotopic (exact) mass is 370 g/mol. The molecule has 1 aliphatic carbocycles. The highest BCUT2D eigenvalue weighted by Gasteiger charge is 2.40. The first kappa shape index (κ1) is 18.4. The van der Waals surface area contributed by atoms with Gasteiger partial charge in [0.1, 0.15) is 10.4 Å². The molecular weight excluding hydrogens is 348 g/mol. The van der Waals surface area contributed by atoms with Crippen molar-refractivity contribution < 1.29 is 14.3 Å². The Bertz CT molecular complexity index is 828. The van der Waals surface area contributed by atoms with Crippen molar-refractivity contribution in [3.8, 4) is 6.07 Å². The number of esters is 1. The fraction of sp³-hybridized carbons (Fsp3) is 0.450. The van der Waals surface area contributed by atoms with Gasteiger partial charge in [-0.25, -0.2) is 4.79 Å². The second-order valence-corrected chi connectivity index (χ2v) is 7.88. The average molecular weight is 370 g/mol. The van der Waals surface area contributed by atoms with E-state index in [1.165, 1.54) is 16.2 Å². The van der Waals surface area contributed by atoms with Crippen molar-refractivity contribution in [3.05, 3.63) is 35.2 Å². The molecule has 3 rings (SSSR count). The fourth-order valence-corrected chi connectivity index (χ4v) is 4.44. The van der Waals surface area contributed by atoms with Gasteiger partial charge in [0, 0.05) is 11.7 Å². The van der Waals surface area contributed by atoms with Gasteiger partial charge < -0.3 is 9.64 Å². The molecule has 1 saturated carbocycles. The molecule has 26 heavy (non-hydrogen) atoms. The number of fused-ring (bicyclic) bond motifs is 1. The zero-order valence-corrected chi connectivity index (χ0v) is 15.8. The van der Waals surface area contributed by atoms with Gasteiger partial charge in [0.2, 0.25) is 0 Å². The van der Waals surface area contributed by atoms with Crippen molar-refractivity contribution in [2.75, 3.05) is 7.05 Å². The lowest BCUT2D eigenvalue weighted by Crippen LogP contribution is -2.53. The summed E-state index contributed by atoms with van der Waals surface area (Å²) in [5.41, 5.74) is -0.784. The largest absolute Gasteiger partial charge is 0.448 e. The van der Waals surface area contributed by atoms with Crippen molar-refractivity contribution in [2.45, 2.75) is 50.7 Å². The molecule has 0 aliphatic heterocycles.